The van der Waals surface area contributed by atoms with Crippen LogP contribution >= 0.6 is 0 Å². The van der Waals surface area contributed by atoms with Gasteiger partial charge in [0.15, 0.2) is 12.6 Å². The Bertz CT molecular complexity index is 3530. The van der Waals surface area contributed by atoms with Crippen LogP contribution < -0.4 is 0 Å². The Kier molecular flexibility index (Phi) is 34.4. The minimum absolute atomic E-state index is 0.0114. The van der Waals surface area contributed by atoms with E-state index in [1.807, 2.05) is 48.5 Å². The Morgan fingerprint density at radius 3 is 1.21 bits per heavy atom. The molecule has 16 fully saturated rings. The predicted octanol–water partition coefficient (Wildman–Crippen LogP) is 13.7. The highest BCUT2D eigenvalue weighted by Crippen LogP contribution is 2.63. The summed E-state index contributed by atoms with van der Waals surface area (Å²) in [6, 6.07) is 0. The molecule has 0 amide bonds. The van der Waals surface area contributed by atoms with E-state index in [0.717, 1.165) is 109 Å². The molecule has 28 nitrogen and oxygen atoms in total. The summed E-state index contributed by atoms with van der Waals surface area (Å²) in [5, 5.41) is 10.6. The van der Waals surface area contributed by atoms with E-state index in [1.54, 1.807) is 13.8 Å². The van der Waals surface area contributed by atoms with Crippen molar-refractivity contribution < 1.29 is 133 Å². The van der Waals surface area contributed by atoms with E-state index in [4.69, 9.17) is 94.7 Å². The molecule has 42 unspecified atom stereocenters. The number of hydrogen-bond acceptors (Lipinski definition) is 28. The predicted molar refractivity (Wildman–Crippen MR) is 456 cm³/mol. The lowest BCUT2D eigenvalue weighted by Gasteiger charge is -2.37. The third-order valence-electron chi connectivity index (χ3n) is 31.2. The van der Waals surface area contributed by atoms with Gasteiger partial charge in [-0.2, -0.15) is 0 Å². The SMILES string of the molecule is CCC1OC(CC)C2C3OC(C(C(=O)OC)C3C(=O)OC(C)(C)C)C12.CCC1OC(CC)C2C3OC(CC3C(C)C(=O)OC)C12.CCC1OC(CC)C2C3OC(CC3C(CC(=O)OC(C)C)OC(C)=O)C12.CCC1OC(CC)C2C3OC(CC3CC(C)(O)CC(=O)OC)C12.CCOC(C)OC(=O)CC(OC1CCCCO1)C1CC2OC1C1C(CC)OC(CC)C21. The molecule has 0 aliphatic carbocycles. The second-order valence-electron chi connectivity index (χ2n) is 40.2. The van der Waals surface area contributed by atoms with Crippen molar-refractivity contribution in [1.82, 2.24) is 0 Å². The van der Waals surface area contributed by atoms with E-state index in [2.05, 4.69) is 69.2 Å². The smallest absolute Gasteiger partial charge is 0.313 e. The average Bonchev–Trinajstić information content (AvgIpc) is 1.58. The number of aliphatic hydroxyl groups is 1. The van der Waals surface area contributed by atoms with Gasteiger partial charge in [0.05, 0.1) is 198 Å². The van der Waals surface area contributed by atoms with Crippen molar-refractivity contribution in [2.45, 2.75) is 437 Å². The van der Waals surface area contributed by atoms with Gasteiger partial charge in [0.2, 0.25) is 0 Å². The number of carbonyl (C=O) groups excluding carboxylic acids is 7. The molecule has 28 heteroatoms. The summed E-state index contributed by atoms with van der Waals surface area (Å²) >= 11 is 0. The molecular formula is C97H158O28. The van der Waals surface area contributed by atoms with E-state index in [1.165, 1.54) is 28.3 Å². The number of methoxy groups -OCH3 is 3. The monoisotopic (exact) mass is 1770 g/mol. The van der Waals surface area contributed by atoms with Crippen LogP contribution in [0.15, 0.2) is 0 Å². The summed E-state index contributed by atoms with van der Waals surface area (Å²) in [5.41, 5.74) is -1.65. The zero-order chi connectivity index (χ0) is 90.7. The first-order chi connectivity index (χ1) is 59.6. The van der Waals surface area contributed by atoms with E-state index in [-0.39, 0.29) is 207 Å². The number of fused-ring (bicyclic) bond motifs is 25. The average molecular weight is 1770 g/mol. The molecule has 16 aliphatic rings. The third-order valence-corrected chi connectivity index (χ3v) is 31.2. The van der Waals surface area contributed by atoms with Crippen molar-refractivity contribution in [2.75, 3.05) is 34.5 Å². The lowest BCUT2D eigenvalue weighted by Crippen LogP contribution is -2.50. The van der Waals surface area contributed by atoms with Gasteiger partial charge in [-0.3, -0.25) is 33.6 Å². The van der Waals surface area contributed by atoms with Gasteiger partial charge in [-0.25, -0.2) is 0 Å². The van der Waals surface area contributed by atoms with E-state index < -0.39 is 41.4 Å². The lowest BCUT2D eigenvalue weighted by atomic mass is 9.65. The maximum absolute atomic E-state index is 12.9. The van der Waals surface area contributed by atoms with Crippen molar-refractivity contribution in [3.05, 3.63) is 0 Å². The molecule has 16 saturated heterocycles. The molecule has 0 aromatic rings. The molecule has 16 aliphatic heterocycles. The van der Waals surface area contributed by atoms with Crippen LogP contribution in [0.2, 0.25) is 0 Å². The Balaban J connectivity index is 0.000000143. The highest BCUT2D eigenvalue weighted by molar-refractivity contribution is 5.84. The van der Waals surface area contributed by atoms with E-state index in [9.17, 15) is 38.7 Å². The number of ether oxygens (including phenoxy) is 20. The first kappa shape index (κ1) is 99.7. The van der Waals surface area contributed by atoms with Gasteiger partial charge in [0, 0.05) is 97.1 Å². The molecule has 42 atom stereocenters. The molecule has 1 N–H and O–H groups in total. The van der Waals surface area contributed by atoms with E-state index >= 15 is 0 Å². The van der Waals surface area contributed by atoms with Crippen molar-refractivity contribution in [2.24, 2.45) is 101 Å². The number of esters is 7. The molecule has 10 bridgehead atoms. The fourth-order valence-electron chi connectivity index (χ4n) is 26.6. The Labute approximate surface area is 744 Å². The van der Waals surface area contributed by atoms with Gasteiger partial charge < -0.3 is 99.8 Å². The highest BCUT2D eigenvalue weighted by Gasteiger charge is 2.72. The molecule has 125 heavy (non-hydrogen) atoms. The fourth-order valence-corrected chi connectivity index (χ4v) is 26.6. The first-order valence-electron chi connectivity index (χ1n) is 48.8. The van der Waals surface area contributed by atoms with Crippen molar-refractivity contribution >= 4 is 41.8 Å². The summed E-state index contributed by atoms with van der Waals surface area (Å²) in [5.74, 6) is 1.09. The van der Waals surface area contributed by atoms with Gasteiger partial charge >= 0.3 is 41.8 Å². The van der Waals surface area contributed by atoms with Gasteiger partial charge in [0.25, 0.3) is 0 Å². The van der Waals surface area contributed by atoms with Gasteiger partial charge in [-0.15, -0.1) is 0 Å². The van der Waals surface area contributed by atoms with Crippen LogP contribution in [0.4, 0.5) is 0 Å². The quantitative estimate of drug-likeness (QED) is 0.0383. The zero-order valence-electron chi connectivity index (χ0n) is 79.5. The standard InChI is InChI=1S/C24H40O7.C20H32O6.C19H30O6.C18H30O5.C16H26O4/c1-5-16-22-19-12-15(24(31-19)23(22)17(6-2)29-16)18(30-21-10-8-9-11-27-21)13-20(25)28-14(4)26-7-3;1-6-13-18-16-8-12(20(26-16)19(18)14(7-2)25-13)15(24-11(5)21)9-17(22)23-10(3)4;1-7-9-11-12(10(8-2)23-9)16-14(18(21)25-19(3,4)5)13(15(11)24-16)17(20)22-6;1-5-11-15-13-7-10(8-18(3,20)9-14(19)21-4)17(23-13)16(15)12(6-2)22-11;1-5-10-13-12-7-9(8(3)16(17)18-4)15(20-12)14(13)11(6-2)19-10/h14-19,21-24H,5-13H2,1-4H3;10,12-16,18-20H,6-9H2,1-5H3;9-16H,7-8H2,1-6H3;10-13,15-17,20H,5-9H2,1-4H3;8-15H,5-7H2,1-4H3. The first-order valence-corrected chi connectivity index (χ1v) is 48.8. The van der Waals surface area contributed by atoms with Crippen LogP contribution in [0.5, 0.6) is 0 Å². The summed E-state index contributed by atoms with van der Waals surface area (Å²) < 4.78 is 117. The molecule has 0 aromatic heterocycles. The number of hydrogen-bond donors (Lipinski definition) is 1. The number of rotatable bonds is 31. The maximum Gasteiger partial charge on any atom is 0.313 e. The second kappa shape index (κ2) is 43.2. The van der Waals surface area contributed by atoms with Crippen LogP contribution in [-0.4, -0.2) is 246 Å². The van der Waals surface area contributed by atoms with Crippen LogP contribution in [0.25, 0.3) is 0 Å². The molecule has 0 radical (unpaired) electrons. The lowest BCUT2D eigenvalue weighted by molar-refractivity contribution is -0.211. The molecule has 16 heterocycles. The largest absolute Gasteiger partial charge is 0.469 e. The molecule has 0 saturated carbocycles. The summed E-state index contributed by atoms with van der Waals surface area (Å²) in [4.78, 5) is 85.2. The highest BCUT2D eigenvalue weighted by atomic mass is 16.7. The van der Waals surface area contributed by atoms with E-state index in [0.29, 0.717) is 97.1 Å². The third kappa shape index (κ3) is 21.2. The van der Waals surface area contributed by atoms with Gasteiger partial charge in [0.1, 0.15) is 11.7 Å². The summed E-state index contributed by atoms with van der Waals surface area (Å²) in [6.45, 7) is 40.7. The Hall–Kier alpha value is -4.27. The van der Waals surface area contributed by atoms with Crippen LogP contribution in [0, 0.1) is 101 Å². The van der Waals surface area contributed by atoms with Crippen LogP contribution in [0.3, 0.4) is 0 Å². The fraction of sp³-hybridized carbons (Fsp3) is 0.928. The topological polar surface area (TPSA) is 324 Å². The normalized spacial score (nSPS) is 42.5. The Morgan fingerprint density at radius 1 is 0.416 bits per heavy atom. The van der Waals surface area contributed by atoms with Crippen LogP contribution in [0.1, 0.15) is 273 Å². The minimum Gasteiger partial charge on any atom is -0.469 e. The summed E-state index contributed by atoms with van der Waals surface area (Å²) in [6.07, 6.45) is 18.6. The molecule has 16 rings (SSSR count). The van der Waals surface area contributed by atoms with Crippen molar-refractivity contribution in [3.63, 3.8) is 0 Å². The van der Waals surface area contributed by atoms with Crippen molar-refractivity contribution in [1.29, 1.82) is 0 Å². The molecular weight excluding hydrogens is 1610 g/mol. The summed E-state index contributed by atoms with van der Waals surface area (Å²) in [7, 11) is 4.18. The molecule has 0 spiro atoms. The maximum atomic E-state index is 12.9. The zero-order valence-corrected chi connectivity index (χ0v) is 79.5. The Morgan fingerprint density at radius 2 is 0.808 bits per heavy atom. The van der Waals surface area contributed by atoms with Crippen molar-refractivity contribution in [3.8, 4) is 0 Å². The minimum atomic E-state index is -1.04. The molecule has 714 valence electrons. The molecule has 0 aromatic carbocycles. The van der Waals surface area contributed by atoms with Crippen LogP contribution in [-0.2, 0) is 128 Å². The van der Waals surface area contributed by atoms with Gasteiger partial charge in [-0.1, -0.05) is 76.2 Å². The number of carbonyl (C=O) groups is 7. The second-order valence-corrected chi connectivity index (χ2v) is 40.2. The van der Waals surface area contributed by atoms with Gasteiger partial charge in [-0.05, 0) is 177 Å².